The molecule has 1 aliphatic carbocycles. The number of carbonyl (C=O) groups is 1. The minimum atomic E-state index is -0.677. The Bertz CT molecular complexity index is 262. The normalized spacial score (nSPS) is 27.5. The van der Waals surface area contributed by atoms with Gasteiger partial charge in [-0.3, -0.25) is 4.79 Å². The number of β-amino-alcohol motifs (C(OH)–C–C–N with tert-alkyl or cyclic N) is 1. The van der Waals surface area contributed by atoms with Crippen molar-refractivity contribution < 1.29 is 9.90 Å². The first-order chi connectivity index (χ1) is 6.99. The van der Waals surface area contributed by atoms with Gasteiger partial charge in [0, 0.05) is 6.54 Å². The Morgan fingerprint density at radius 1 is 1.40 bits per heavy atom. The minimum Gasteiger partial charge on any atom is -0.386 e. The fourth-order valence-corrected chi connectivity index (χ4v) is 2.81. The highest BCUT2D eigenvalue weighted by atomic mass is 16.3. The maximum Gasteiger partial charge on any atom is 0.230 e. The molecule has 1 amide bonds. The van der Waals surface area contributed by atoms with E-state index in [1.165, 1.54) is 0 Å². The van der Waals surface area contributed by atoms with E-state index in [2.05, 4.69) is 0 Å². The highest BCUT2D eigenvalue weighted by Gasteiger charge is 2.48. The van der Waals surface area contributed by atoms with Crippen molar-refractivity contribution in [2.24, 2.45) is 11.1 Å². The van der Waals surface area contributed by atoms with E-state index in [0.717, 1.165) is 25.7 Å². The lowest BCUT2D eigenvalue weighted by molar-refractivity contribution is -0.162. The number of rotatable bonds is 2. The van der Waals surface area contributed by atoms with Crippen molar-refractivity contribution in [1.82, 2.24) is 4.90 Å². The molecular weight excluding hydrogens is 192 g/mol. The third kappa shape index (κ3) is 1.76. The standard InChI is InChI=1S/C11H20N2O2/c1-10(15)7-13(8-10)9(14)11(6-12)4-2-3-5-11/h15H,2-8,12H2,1H3. The summed E-state index contributed by atoms with van der Waals surface area (Å²) in [5.41, 5.74) is 4.76. The van der Waals surface area contributed by atoms with Crippen LogP contribution in [0.4, 0.5) is 0 Å². The Morgan fingerprint density at radius 2 is 1.93 bits per heavy atom. The van der Waals surface area contributed by atoms with E-state index in [1.807, 2.05) is 0 Å². The molecule has 0 aromatic carbocycles. The van der Waals surface area contributed by atoms with Gasteiger partial charge in [0.1, 0.15) is 0 Å². The molecule has 1 heterocycles. The lowest BCUT2D eigenvalue weighted by Gasteiger charge is -2.47. The van der Waals surface area contributed by atoms with Crippen molar-refractivity contribution in [3.05, 3.63) is 0 Å². The Hall–Kier alpha value is -0.610. The van der Waals surface area contributed by atoms with E-state index in [1.54, 1.807) is 11.8 Å². The van der Waals surface area contributed by atoms with Gasteiger partial charge >= 0.3 is 0 Å². The van der Waals surface area contributed by atoms with Gasteiger partial charge in [-0.2, -0.15) is 0 Å². The molecule has 0 bridgehead atoms. The summed E-state index contributed by atoms with van der Waals surface area (Å²) in [5.74, 6) is 0.161. The zero-order valence-electron chi connectivity index (χ0n) is 9.33. The Morgan fingerprint density at radius 3 is 2.33 bits per heavy atom. The fourth-order valence-electron chi connectivity index (χ4n) is 2.81. The smallest absolute Gasteiger partial charge is 0.230 e. The molecule has 4 heteroatoms. The number of amides is 1. The number of hydrogen-bond acceptors (Lipinski definition) is 3. The summed E-state index contributed by atoms with van der Waals surface area (Å²) in [5, 5.41) is 9.61. The second-order valence-electron chi connectivity index (χ2n) is 5.35. The molecule has 0 atom stereocenters. The van der Waals surface area contributed by atoms with E-state index in [9.17, 15) is 9.90 Å². The SMILES string of the molecule is CC1(O)CN(C(=O)C2(CN)CCCC2)C1. The molecule has 0 spiro atoms. The third-order valence-electron chi connectivity index (χ3n) is 3.76. The van der Waals surface area contributed by atoms with Crippen LogP contribution in [-0.4, -0.2) is 41.1 Å². The second-order valence-corrected chi connectivity index (χ2v) is 5.35. The first kappa shape index (κ1) is 10.9. The van der Waals surface area contributed by atoms with Gasteiger partial charge in [0.25, 0.3) is 0 Å². The van der Waals surface area contributed by atoms with Crippen molar-refractivity contribution >= 4 is 5.91 Å². The predicted molar refractivity (Wildman–Crippen MR) is 57.2 cm³/mol. The molecule has 2 aliphatic rings. The summed E-state index contributed by atoms with van der Waals surface area (Å²) < 4.78 is 0. The lowest BCUT2D eigenvalue weighted by Crippen LogP contribution is -2.65. The number of carbonyl (C=O) groups excluding carboxylic acids is 1. The molecule has 0 aromatic heterocycles. The monoisotopic (exact) mass is 212 g/mol. The molecule has 3 N–H and O–H groups in total. The number of aliphatic hydroxyl groups is 1. The van der Waals surface area contributed by atoms with E-state index in [0.29, 0.717) is 19.6 Å². The highest BCUT2D eigenvalue weighted by Crippen LogP contribution is 2.40. The van der Waals surface area contributed by atoms with Crippen molar-refractivity contribution in [3.8, 4) is 0 Å². The molecule has 4 nitrogen and oxygen atoms in total. The highest BCUT2D eigenvalue weighted by molar-refractivity contribution is 5.84. The van der Waals surface area contributed by atoms with Crippen LogP contribution in [-0.2, 0) is 4.79 Å². The van der Waals surface area contributed by atoms with E-state index >= 15 is 0 Å². The average molecular weight is 212 g/mol. The Balaban J connectivity index is 2.01. The van der Waals surface area contributed by atoms with Crippen molar-refractivity contribution in [2.45, 2.75) is 38.2 Å². The summed E-state index contributed by atoms with van der Waals surface area (Å²) in [6, 6.07) is 0. The number of likely N-dealkylation sites (tertiary alicyclic amines) is 1. The second kappa shape index (κ2) is 3.46. The van der Waals surface area contributed by atoms with E-state index in [-0.39, 0.29) is 11.3 Å². The molecule has 86 valence electrons. The van der Waals surface area contributed by atoms with Gasteiger partial charge < -0.3 is 15.7 Å². The molecule has 15 heavy (non-hydrogen) atoms. The summed E-state index contributed by atoms with van der Waals surface area (Å²) >= 11 is 0. The molecule has 0 aromatic rings. The third-order valence-corrected chi connectivity index (χ3v) is 3.76. The molecule has 0 unspecified atom stereocenters. The predicted octanol–water partition coefficient (Wildman–Crippen LogP) is 0.0987. The molecule has 1 aliphatic heterocycles. The van der Waals surface area contributed by atoms with Crippen LogP contribution in [0.5, 0.6) is 0 Å². The van der Waals surface area contributed by atoms with Crippen molar-refractivity contribution in [1.29, 1.82) is 0 Å². The van der Waals surface area contributed by atoms with Gasteiger partial charge in [-0.1, -0.05) is 12.8 Å². The van der Waals surface area contributed by atoms with E-state index in [4.69, 9.17) is 5.73 Å². The molecule has 2 rings (SSSR count). The van der Waals surface area contributed by atoms with Crippen LogP contribution in [0.1, 0.15) is 32.6 Å². The van der Waals surface area contributed by atoms with Gasteiger partial charge in [-0.15, -0.1) is 0 Å². The Labute approximate surface area is 90.4 Å². The van der Waals surface area contributed by atoms with Gasteiger partial charge in [-0.25, -0.2) is 0 Å². The largest absolute Gasteiger partial charge is 0.386 e. The first-order valence-corrected chi connectivity index (χ1v) is 5.71. The van der Waals surface area contributed by atoms with Crippen LogP contribution in [0.25, 0.3) is 0 Å². The molecule has 0 radical (unpaired) electrons. The molecule has 1 saturated heterocycles. The maximum atomic E-state index is 12.2. The Kier molecular flexibility index (Phi) is 2.51. The van der Waals surface area contributed by atoms with Gasteiger partial charge in [0.2, 0.25) is 5.91 Å². The molecule has 2 fully saturated rings. The van der Waals surface area contributed by atoms with Crippen LogP contribution < -0.4 is 5.73 Å². The summed E-state index contributed by atoms with van der Waals surface area (Å²) in [6.07, 6.45) is 4.04. The number of hydrogen-bond donors (Lipinski definition) is 2. The quantitative estimate of drug-likeness (QED) is 0.682. The zero-order chi connectivity index (χ0) is 11.1. The maximum absolute atomic E-state index is 12.2. The van der Waals surface area contributed by atoms with Crippen molar-refractivity contribution in [2.75, 3.05) is 19.6 Å². The first-order valence-electron chi connectivity index (χ1n) is 5.71. The summed E-state index contributed by atoms with van der Waals surface area (Å²) in [4.78, 5) is 14.0. The van der Waals surface area contributed by atoms with Crippen LogP contribution in [0.15, 0.2) is 0 Å². The van der Waals surface area contributed by atoms with Crippen LogP contribution >= 0.6 is 0 Å². The van der Waals surface area contributed by atoms with E-state index < -0.39 is 5.60 Å². The number of nitrogens with two attached hydrogens (primary N) is 1. The number of nitrogens with zero attached hydrogens (tertiary/aromatic N) is 1. The summed E-state index contributed by atoms with van der Waals surface area (Å²) in [6.45, 7) is 3.15. The minimum absolute atomic E-state index is 0.161. The van der Waals surface area contributed by atoms with Crippen LogP contribution in [0.2, 0.25) is 0 Å². The molecular formula is C11H20N2O2. The van der Waals surface area contributed by atoms with Gasteiger partial charge in [-0.05, 0) is 19.8 Å². The summed E-state index contributed by atoms with van der Waals surface area (Å²) in [7, 11) is 0. The van der Waals surface area contributed by atoms with Gasteiger partial charge in [0.15, 0.2) is 0 Å². The van der Waals surface area contributed by atoms with Crippen LogP contribution in [0.3, 0.4) is 0 Å². The topological polar surface area (TPSA) is 66.6 Å². The average Bonchev–Trinajstić information content (AvgIpc) is 2.62. The van der Waals surface area contributed by atoms with Gasteiger partial charge in [0.05, 0.1) is 24.1 Å². The van der Waals surface area contributed by atoms with Crippen LogP contribution in [0, 0.1) is 5.41 Å². The zero-order valence-corrected chi connectivity index (χ0v) is 9.33. The lowest BCUT2D eigenvalue weighted by atomic mass is 9.82. The molecule has 1 saturated carbocycles. The fraction of sp³-hybridized carbons (Fsp3) is 0.909. The van der Waals surface area contributed by atoms with Crippen molar-refractivity contribution in [3.63, 3.8) is 0 Å².